The molecule has 0 spiro atoms. The largest absolute Gasteiger partial charge is 0.477 e. The standard InChI is InChI=1S/C9H9N3O4S2/c1-5-4-10-11-8(5)12-18(15,16)6-2-3-17-7(6)9(13)14/h2-4H,1H3,(H,13,14)(H2,10,11,12). The number of aromatic carboxylic acids is 1. The van der Waals surface area contributed by atoms with E-state index in [1.165, 1.54) is 17.6 Å². The maximum atomic E-state index is 12.0. The third-order valence-electron chi connectivity index (χ3n) is 2.18. The average molecular weight is 287 g/mol. The Hall–Kier alpha value is -1.87. The van der Waals surface area contributed by atoms with Gasteiger partial charge in [-0.05, 0) is 18.4 Å². The van der Waals surface area contributed by atoms with Gasteiger partial charge in [0.05, 0.1) is 6.20 Å². The van der Waals surface area contributed by atoms with Crippen molar-refractivity contribution in [2.75, 3.05) is 4.72 Å². The Bertz CT molecular complexity index is 686. The van der Waals surface area contributed by atoms with E-state index in [1.807, 2.05) is 0 Å². The molecule has 0 aromatic carbocycles. The summed E-state index contributed by atoms with van der Waals surface area (Å²) in [6.07, 6.45) is 1.46. The van der Waals surface area contributed by atoms with Gasteiger partial charge < -0.3 is 5.11 Å². The van der Waals surface area contributed by atoms with Crippen molar-refractivity contribution in [3.8, 4) is 0 Å². The van der Waals surface area contributed by atoms with Crippen LogP contribution in [0.1, 0.15) is 15.2 Å². The number of carbonyl (C=O) groups is 1. The number of carboxylic acid groups (broad SMARTS) is 1. The summed E-state index contributed by atoms with van der Waals surface area (Å²) in [5.41, 5.74) is 0.616. The highest BCUT2D eigenvalue weighted by Crippen LogP contribution is 2.24. The monoisotopic (exact) mass is 287 g/mol. The molecule has 2 aromatic heterocycles. The number of aromatic amines is 1. The SMILES string of the molecule is Cc1cn[nH]c1NS(=O)(=O)c1ccsc1C(=O)O. The van der Waals surface area contributed by atoms with Crippen molar-refractivity contribution in [3.05, 3.63) is 28.1 Å². The molecule has 0 aliphatic heterocycles. The second-order valence-electron chi connectivity index (χ2n) is 3.45. The van der Waals surface area contributed by atoms with E-state index in [2.05, 4.69) is 14.9 Å². The van der Waals surface area contributed by atoms with Crippen LogP contribution in [0.3, 0.4) is 0 Å². The number of aryl methyl sites for hydroxylation is 1. The molecule has 96 valence electrons. The number of rotatable bonds is 4. The first kappa shape index (κ1) is 12.6. The summed E-state index contributed by atoms with van der Waals surface area (Å²) in [6, 6.07) is 1.25. The first-order valence-corrected chi connectivity index (χ1v) is 7.11. The van der Waals surface area contributed by atoms with E-state index in [9.17, 15) is 13.2 Å². The number of nitrogens with one attached hydrogen (secondary N) is 2. The van der Waals surface area contributed by atoms with Crippen LogP contribution in [0.2, 0.25) is 0 Å². The molecule has 0 radical (unpaired) electrons. The molecule has 0 aliphatic rings. The van der Waals surface area contributed by atoms with E-state index in [0.717, 1.165) is 11.3 Å². The minimum atomic E-state index is -3.93. The maximum Gasteiger partial charge on any atom is 0.347 e. The molecule has 0 saturated heterocycles. The minimum Gasteiger partial charge on any atom is -0.477 e. The molecule has 0 atom stereocenters. The normalized spacial score (nSPS) is 11.4. The molecule has 7 nitrogen and oxygen atoms in total. The van der Waals surface area contributed by atoms with Crippen molar-refractivity contribution < 1.29 is 18.3 Å². The molecular weight excluding hydrogens is 278 g/mol. The first-order valence-electron chi connectivity index (χ1n) is 4.75. The van der Waals surface area contributed by atoms with Gasteiger partial charge in [-0.15, -0.1) is 11.3 Å². The molecule has 2 rings (SSSR count). The lowest BCUT2D eigenvalue weighted by atomic mass is 10.4. The Labute approximate surface area is 107 Å². The van der Waals surface area contributed by atoms with Gasteiger partial charge in [0.2, 0.25) is 0 Å². The van der Waals surface area contributed by atoms with E-state index in [0.29, 0.717) is 5.56 Å². The highest BCUT2D eigenvalue weighted by atomic mass is 32.2. The summed E-state index contributed by atoms with van der Waals surface area (Å²) in [5, 5.41) is 16.5. The van der Waals surface area contributed by atoms with Crippen molar-refractivity contribution >= 4 is 33.1 Å². The molecule has 0 bridgehead atoms. The van der Waals surface area contributed by atoms with Gasteiger partial charge in [-0.1, -0.05) is 0 Å². The predicted molar refractivity (Wildman–Crippen MR) is 65.4 cm³/mol. The highest BCUT2D eigenvalue weighted by Gasteiger charge is 2.24. The van der Waals surface area contributed by atoms with E-state index in [-0.39, 0.29) is 15.6 Å². The van der Waals surface area contributed by atoms with E-state index in [4.69, 9.17) is 5.11 Å². The summed E-state index contributed by atoms with van der Waals surface area (Å²) in [5.74, 6) is -1.05. The molecule has 2 aromatic rings. The number of nitrogens with zero attached hydrogens (tertiary/aromatic N) is 1. The Morgan fingerprint density at radius 3 is 2.83 bits per heavy atom. The summed E-state index contributed by atoms with van der Waals surface area (Å²) >= 11 is 0.857. The fraction of sp³-hybridized carbons (Fsp3) is 0.111. The van der Waals surface area contributed by atoms with Gasteiger partial charge in [-0.25, -0.2) is 13.2 Å². The van der Waals surface area contributed by atoms with Crippen molar-refractivity contribution in [2.24, 2.45) is 0 Å². The third-order valence-corrected chi connectivity index (χ3v) is 4.60. The number of hydrogen-bond acceptors (Lipinski definition) is 5. The molecule has 0 aliphatic carbocycles. The minimum absolute atomic E-state index is 0.220. The number of sulfonamides is 1. The number of anilines is 1. The fourth-order valence-corrected chi connectivity index (χ4v) is 3.65. The van der Waals surface area contributed by atoms with Crippen LogP contribution in [0.15, 0.2) is 22.5 Å². The molecule has 9 heteroatoms. The van der Waals surface area contributed by atoms with Crippen molar-refractivity contribution in [1.82, 2.24) is 10.2 Å². The second kappa shape index (κ2) is 4.42. The van der Waals surface area contributed by atoms with E-state index >= 15 is 0 Å². The summed E-state index contributed by atoms with van der Waals surface area (Å²) < 4.78 is 26.3. The van der Waals surface area contributed by atoms with Crippen molar-refractivity contribution in [3.63, 3.8) is 0 Å². The average Bonchev–Trinajstić information content (AvgIpc) is 2.88. The molecule has 18 heavy (non-hydrogen) atoms. The van der Waals surface area contributed by atoms with Gasteiger partial charge in [0.1, 0.15) is 15.6 Å². The molecule has 0 saturated carbocycles. The van der Waals surface area contributed by atoms with Crippen LogP contribution < -0.4 is 4.72 Å². The van der Waals surface area contributed by atoms with Gasteiger partial charge >= 0.3 is 5.97 Å². The van der Waals surface area contributed by atoms with Gasteiger partial charge in [-0.2, -0.15) is 5.10 Å². The third kappa shape index (κ3) is 2.22. The van der Waals surface area contributed by atoms with Gasteiger partial charge in [0.15, 0.2) is 0 Å². The maximum absolute atomic E-state index is 12.0. The smallest absolute Gasteiger partial charge is 0.347 e. The van der Waals surface area contributed by atoms with Gasteiger partial charge in [-0.3, -0.25) is 9.82 Å². The Kier molecular flexibility index (Phi) is 3.09. The van der Waals surface area contributed by atoms with Crippen molar-refractivity contribution in [2.45, 2.75) is 11.8 Å². The predicted octanol–water partition coefficient (Wildman–Crippen LogP) is 1.28. The zero-order valence-electron chi connectivity index (χ0n) is 9.17. The van der Waals surface area contributed by atoms with Crippen LogP contribution in [-0.2, 0) is 10.0 Å². The van der Waals surface area contributed by atoms with Crippen LogP contribution in [-0.4, -0.2) is 29.7 Å². The summed E-state index contributed by atoms with van der Waals surface area (Å²) in [4.78, 5) is 10.4. The fourth-order valence-electron chi connectivity index (χ4n) is 1.30. The van der Waals surface area contributed by atoms with E-state index < -0.39 is 16.0 Å². The van der Waals surface area contributed by atoms with Crippen LogP contribution in [0.5, 0.6) is 0 Å². The lowest BCUT2D eigenvalue weighted by molar-refractivity contribution is 0.0698. The van der Waals surface area contributed by atoms with Crippen LogP contribution in [0.25, 0.3) is 0 Å². The number of aromatic nitrogens is 2. The summed E-state index contributed by atoms with van der Waals surface area (Å²) in [7, 11) is -3.93. The lowest BCUT2D eigenvalue weighted by Gasteiger charge is -2.06. The molecular formula is C9H9N3O4S2. The zero-order valence-corrected chi connectivity index (χ0v) is 10.8. The molecule has 0 amide bonds. The van der Waals surface area contributed by atoms with Gasteiger partial charge in [0.25, 0.3) is 10.0 Å². The Morgan fingerprint density at radius 2 is 2.28 bits per heavy atom. The van der Waals surface area contributed by atoms with Gasteiger partial charge in [0, 0.05) is 5.56 Å². The Morgan fingerprint density at radius 1 is 1.56 bits per heavy atom. The number of hydrogen-bond donors (Lipinski definition) is 3. The molecule has 2 heterocycles. The first-order chi connectivity index (χ1) is 8.42. The molecule has 0 fully saturated rings. The number of thiophene rings is 1. The van der Waals surface area contributed by atoms with Crippen molar-refractivity contribution in [1.29, 1.82) is 0 Å². The Balaban J connectivity index is 2.40. The highest BCUT2D eigenvalue weighted by molar-refractivity contribution is 7.93. The second-order valence-corrected chi connectivity index (χ2v) is 6.02. The van der Waals surface area contributed by atoms with E-state index in [1.54, 1.807) is 6.92 Å². The number of carboxylic acids is 1. The quantitative estimate of drug-likeness (QED) is 0.784. The molecule has 0 unspecified atom stereocenters. The zero-order chi connectivity index (χ0) is 13.3. The van der Waals surface area contributed by atoms with Crippen LogP contribution >= 0.6 is 11.3 Å². The topological polar surface area (TPSA) is 112 Å². The lowest BCUT2D eigenvalue weighted by Crippen LogP contribution is -2.16. The summed E-state index contributed by atoms with van der Waals surface area (Å²) in [6.45, 7) is 1.67. The number of H-pyrrole nitrogens is 1. The van der Waals surface area contributed by atoms with Crippen LogP contribution in [0.4, 0.5) is 5.82 Å². The van der Waals surface area contributed by atoms with Crippen LogP contribution in [0, 0.1) is 6.92 Å². The molecule has 3 N–H and O–H groups in total.